The summed E-state index contributed by atoms with van der Waals surface area (Å²) in [4.78, 5) is 1.40. The number of para-hydroxylation sites is 4. The van der Waals surface area contributed by atoms with Gasteiger partial charge in [0.2, 0.25) is 0 Å². The van der Waals surface area contributed by atoms with Crippen LogP contribution < -0.4 is 0 Å². The summed E-state index contributed by atoms with van der Waals surface area (Å²) in [5.74, 6) is 0.381. The third kappa shape index (κ3) is 3.86. The number of thiophene rings is 1. The molecule has 0 saturated carbocycles. The summed E-state index contributed by atoms with van der Waals surface area (Å²) < 4.78 is 7.72. The molecule has 12 rings (SSSR count). The lowest BCUT2D eigenvalue weighted by Gasteiger charge is -2.23. The van der Waals surface area contributed by atoms with Crippen LogP contribution in [-0.2, 0) is 0 Å². The number of rotatable bonds is 3. The van der Waals surface area contributed by atoms with Crippen molar-refractivity contribution in [3.63, 3.8) is 0 Å². The van der Waals surface area contributed by atoms with Gasteiger partial charge in [-0.05, 0) is 59.7 Å². The second-order valence-corrected chi connectivity index (χ2v) is 16.2. The highest BCUT2D eigenvalue weighted by Gasteiger charge is 2.39. The molecule has 2 atom stereocenters. The van der Waals surface area contributed by atoms with E-state index in [1.54, 1.807) is 0 Å². The Balaban J connectivity index is 1.11. The fourth-order valence-corrected chi connectivity index (χ4v) is 11.9. The van der Waals surface area contributed by atoms with Crippen LogP contribution in [0.15, 0.2) is 169 Å². The average molecular weight is 699 g/mol. The fraction of sp³-hybridized carbons (Fsp3) is 0.0417. The van der Waals surface area contributed by atoms with Gasteiger partial charge >= 0.3 is 0 Å². The highest BCUT2D eigenvalue weighted by molar-refractivity contribution is 8.00. The molecule has 52 heavy (non-hydrogen) atoms. The molecule has 10 aromatic rings. The fourth-order valence-electron chi connectivity index (χ4n) is 9.17. The van der Waals surface area contributed by atoms with Crippen LogP contribution in [0.5, 0.6) is 0 Å². The standard InChI is InChI=1S/C48H30N2S2/c1-7-19-37(49-39-21-9-3-17-35(39)45-41(49)27-25-33-31-15-5-11-23-43(31)51-47(33)45)29(13-1)30-14-2-8-20-38(30)50-40-22-10-4-18-36(40)46-42(50)28-26-34-32-16-6-12-24-44(32)52-48(34)46/h1-28,33,47H. The molecule has 0 N–H and O–H groups in total. The molecule has 1 aliphatic carbocycles. The quantitative estimate of drug-likeness (QED) is 0.179. The molecule has 2 unspecified atom stereocenters. The molecular formula is C48H30N2S2. The number of hydrogen-bond donors (Lipinski definition) is 0. The molecule has 7 aromatic carbocycles. The number of aromatic nitrogens is 2. The zero-order chi connectivity index (χ0) is 33.9. The minimum absolute atomic E-state index is 0.353. The lowest BCUT2D eigenvalue weighted by atomic mass is 9.86. The van der Waals surface area contributed by atoms with Gasteiger partial charge in [0.15, 0.2) is 0 Å². The lowest BCUT2D eigenvalue weighted by Crippen LogP contribution is -2.08. The largest absolute Gasteiger partial charge is 0.309 e. The topological polar surface area (TPSA) is 9.86 Å². The Morgan fingerprint density at radius 3 is 1.94 bits per heavy atom. The smallest absolute Gasteiger partial charge is 0.0556 e. The van der Waals surface area contributed by atoms with Crippen LogP contribution in [0.4, 0.5) is 0 Å². The summed E-state index contributed by atoms with van der Waals surface area (Å²) in [5, 5.41) is 6.98. The van der Waals surface area contributed by atoms with Crippen LogP contribution in [0.25, 0.3) is 81.5 Å². The number of benzene rings is 7. The van der Waals surface area contributed by atoms with Crippen molar-refractivity contribution in [2.24, 2.45) is 0 Å². The molecular weight excluding hydrogens is 669 g/mol. The maximum atomic E-state index is 2.53. The zero-order valence-corrected chi connectivity index (χ0v) is 29.7. The van der Waals surface area contributed by atoms with Gasteiger partial charge in [-0.15, -0.1) is 23.1 Å². The number of fused-ring (bicyclic) bond motifs is 14. The summed E-state index contributed by atoms with van der Waals surface area (Å²) in [6.07, 6.45) is 4.84. The van der Waals surface area contributed by atoms with E-state index in [1.807, 2.05) is 23.1 Å². The molecule has 0 amide bonds. The van der Waals surface area contributed by atoms with Gasteiger partial charge in [-0.2, -0.15) is 0 Å². The predicted molar refractivity (Wildman–Crippen MR) is 223 cm³/mol. The first-order chi connectivity index (χ1) is 25.8. The van der Waals surface area contributed by atoms with Gasteiger partial charge in [-0.3, -0.25) is 0 Å². The summed E-state index contributed by atoms with van der Waals surface area (Å²) in [5.41, 5.74) is 12.7. The predicted octanol–water partition coefficient (Wildman–Crippen LogP) is 13.7. The minimum Gasteiger partial charge on any atom is -0.309 e. The van der Waals surface area contributed by atoms with Crippen molar-refractivity contribution in [1.82, 2.24) is 9.13 Å². The highest BCUT2D eigenvalue weighted by atomic mass is 32.2. The van der Waals surface area contributed by atoms with Gasteiger partial charge in [0.1, 0.15) is 0 Å². The molecule has 0 radical (unpaired) electrons. The van der Waals surface area contributed by atoms with E-state index in [0.717, 1.165) is 0 Å². The molecule has 2 nitrogen and oxygen atoms in total. The van der Waals surface area contributed by atoms with Crippen LogP contribution in [0, 0.1) is 0 Å². The Morgan fingerprint density at radius 2 is 1.12 bits per heavy atom. The highest BCUT2D eigenvalue weighted by Crippen LogP contribution is 2.59. The Labute approximate surface area is 308 Å². The van der Waals surface area contributed by atoms with Crippen molar-refractivity contribution >= 4 is 82.1 Å². The van der Waals surface area contributed by atoms with Gasteiger partial charge < -0.3 is 9.13 Å². The van der Waals surface area contributed by atoms with E-state index in [0.29, 0.717) is 11.2 Å². The third-order valence-corrected chi connectivity index (χ3v) is 13.9. The average Bonchev–Trinajstić information content (AvgIpc) is 3.95. The van der Waals surface area contributed by atoms with E-state index >= 15 is 0 Å². The van der Waals surface area contributed by atoms with Crippen LogP contribution in [0.1, 0.15) is 28.0 Å². The molecule has 2 aliphatic rings. The lowest BCUT2D eigenvalue weighted by molar-refractivity contribution is 0.817. The Bertz CT molecular complexity index is 3140. The first-order valence-corrected chi connectivity index (χ1v) is 19.6. The summed E-state index contributed by atoms with van der Waals surface area (Å²) in [6.45, 7) is 0. The van der Waals surface area contributed by atoms with Gasteiger partial charge in [0.25, 0.3) is 0 Å². The Morgan fingerprint density at radius 1 is 0.481 bits per heavy atom. The van der Waals surface area contributed by atoms with Crippen LogP contribution in [0.3, 0.4) is 0 Å². The van der Waals surface area contributed by atoms with Gasteiger partial charge in [0.05, 0.1) is 33.6 Å². The van der Waals surface area contributed by atoms with E-state index in [1.165, 1.54) is 97.1 Å². The molecule has 1 aliphatic heterocycles. The van der Waals surface area contributed by atoms with Crippen molar-refractivity contribution in [3.8, 4) is 22.5 Å². The van der Waals surface area contributed by atoms with Crippen molar-refractivity contribution in [3.05, 3.63) is 181 Å². The number of nitrogens with zero attached hydrogens (tertiary/aromatic N) is 2. The summed E-state index contributed by atoms with van der Waals surface area (Å²) >= 11 is 3.93. The Kier molecular flexibility index (Phi) is 6.02. The van der Waals surface area contributed by atoms with E-state index in [2.05, 4.69) is 179 Å². The van der Waals surface area contributed by atoms with Crippen LogP contribution in [0.2, 0.25) is 0 Å². The van der Waals surface area contributed by atoms with E-state index in [-0.39, 0.29) is 0 Å². The first-order valence-electron chi connectivity index (χ1n) is 17.9. The van der Waals surface area contributed by atoms with Crippen molar-refractivity contribution < 1.29 is 0 Å². The molecule has 4 heteroatoms. The maximum absolute atomic E-state index is 2.53. The second-order valence-electron chi connectivity index (χ2n) is 13.9. The van der Waals surface area contributed by atoms with Gasteiger partial charge in [0, 0.05) is 63.5 Å². The van der Waals surface area contributed by atoms with Crippen molar-refractivity contribution in [2.45, 2.75) is 16.1 Å². The van der Waals surface area contributed by atoms with Gasteiger partial charge in [-0.1, -0.05) is 121 Å². The minimum atomic E-state index is 0.353. The van der Waals surface area contributed by atoms with Gasteiger partial charge in [-0.25, -0.2) is 0 Å². The molecule has 3 aromatic heterocycles. The van der Waals surface area contributed by atoms with Crippen LogP contribution >= 0.6 is 23.1 Å². The third-order valence-electron chi connectivity index (χ3n) is 11.3. The number of thioether (sulfide) groups is 1. The molecule has 0 fully saturated rings. The SMILES string of the molecule is C1=CC2c3ccccc3SC2c2c1n(-c1ccccc1-c1ccccc1-n1c3ccccc3c3c4sc5ccccc5c4ccc31)c1ccccc21. The maximum Gasteiger partial charge on any atom is 0.0556 e. The molecule has 244 valence electrons. The second kappa shape index (κ2) is 10.8. The zero-order valence-electron chi connectivity index (χ0n) is 28.0. The van der Waals surface area contributed by atoms with Crippen LogP contribution in [-0.4, -0.2) is 9.13 Å². The van der Waals surface area contributed by atoms with Crippen molar-refractivity contribution in [1.29, 1.82) is 0 Å². The summed E-state index contributed by atoms with van der Waals surface area (Å²) in [6, 6.07) is 58.4. The molecule has 0 spiro atoms. The molecule has 0 bridgehead atoms. The van der Waals surface area contributed by atoms with E-state index in [9.17, 15) is 0 Å². The van der Waals surface area contributed by atoms with E-state index < -0.39 is 0 Å². The number of hydrogen-bond acceptors (Lipinski definition) is 2. The van der Waals surface area contributed by atoms with E-state index in [4.69, 9.17) is 0 Å². The molecule has 4 heterocycles. The Hall–Kier alpha value is -5.81. The monoisotopic (exact) mass is 698 g/mol. The molecule has 0 saturated heterocycles. The van der Waals surface area contributed by atoms with Crippen molar-refractivity contribution in [2.75, 3.05) is 0 Å². The normalized spacial score (nSPS) is 16.3. The summed E-state index contributed by atoms with van der Waals surface area (Å²) in [7, 11) is 0. The first kappa shape index (κ1) is 28.8. The number of allylic oxidation sites excluding steroid dienone is 1.